The van der Waals surface area contributed by atoms with Crippen LogP contribution in [0, 0.1) is 25.2 Å². The molecule has 4 heterocycles. The number of benzene rings is 8. The average molecular weight is 1850 g/mol. The maximum absolute atomic E-state index is 13.5. The van der Waals surface area contributed by atoms with Crippen molar-refractivity contribution < 1.29 is 103 Å². The van der Waals surface area contributed by atoms with E-state index in [2.05, 4.69) is 9.97 Å². The smallest absolute Gasteiger partial charge is 0.335 e. The molecule has 12 aromatic rings. The molecule has 2 aliphatic rings. The predicted molar refractivity (Wildman–Crippen MR) is 469 cm³/mol. The van der Waals surface area contributed by atoms with Crippen molar-refractivity contribution in [1.82, 2.24) is 9.97 Å². The molecule has 2 fully saturated rings. The maximum Gasteiger partial charge on any atom is 0.335 e. The summed E-state index contributed by atoms with van der Waals surface area (Å²) in [6, 6.07) is 54.3. The van der Waals surface area contributed by atoms with Gasteiger partial charge < -0.3 is 25.2 Å². The minimum absolute atomic E-state index is 0.000907. The number of rotatable bonds is 27. The number of hydrogen-bond acceptors (Lipinski definition) is 24. The molecule has 0 saturated heterocycles. The number of carbonyl (C=O) groups is 4. The van der Waals surface area contributed by atoms with E-state index in [1.807, 2.05) is 44.2 Å². The van der Waals surface area contributed by atoms with Gasteiger partial charge in [-0.25, -0.2) is 78.1 Å². The van der Waals surface area contributed by atoms with Crippen molar-refractivity contribution in [3.05, 3.63) is 295 Å². The highest BCUT2D eigenvalue weighted by molar-refractivity contribution is 7.92. The topological polar surface area (TPSA) is 447 Å². The van der Waals surface area contributed by atoms with Crippen LogP contribution < -0.4 is 4.74 Å². The third-order valence-corrected chi connectivity index (χ3v) is 32.3. The Balaban J connectivity index is 0.000000161. The highest BCUT2D eigenvalue weighted by Crippen LogP contribution is 2.46. The van der Waals surface area contributed by atoms with Crippen LogP contribution in [0.3, 0.4) is 0 Å². The van der Waals surface area contributed by atoms with Gasteiger partial charge in [0.15, 0.2) is 68.9 Å². The number of aromatic nitrogens is 2. The molecular weight excluding hydrogens is 1770 g/mol. The third-order valence-electron chi connectivity index (χ3n) is 20.0. The van der Waals surface area contributed by atoms with Crippen LogP contribution in [0.15, 0.2) is 253 Å². The van der Waals surface area contributed by atoms with Gasteiger partial charge in [-0.3, -0.25) is 9.97 Å². The second-order valence-electron chi connectivity index (χ2n) is 29.4. The van der Waals surface area contributed by atoms with E-state index in [0.29, 0.717) is 79.0 Å². The molecule has 0 spiro atoms. The van der Waals surface area contributed by atoms with Gasteiger partial charge in [-0.05, 0) is 260 Å². The van der Waals surface area contributed by atoms with E-state index in [4.69, 9.17) is 4.74 Å². The van der Waals surface area contributed by atoms with Gasteiger partial charge in [-0.15, -0.1) is 22.7 Å². The number of carboxylic acids is 4. The molecule has 0 unspecified atom stereocenters. The van der Waals surface area contributed by atoms with Crippen LogP contribution in [0.2, 0.25) is 0 Å². The van der Waals surface area contributed by atoms with Gasteiger partial charge in [0.1, 0.15) is 10.6 Å². The number of hydrogen-bond donors (Lipinski definition) is 4. The third kappa shape index (κ3) is 22.8. The van der Waals surface area contributed by atoms with Gasteiger partial charge in [0.25, 0.3) is 0 Å². The first-order valence-electron chi connectivity index (χ1n) is 37.7. The van der Waals surface area contributed by atoms with Crippen molar-refractivity contribution in [1.29, 1.82) is 5.26 Å². The Labute approximate surface area is 726 Å². The van der Waals surface area contributed by atoms with Gasteiger partial charge in [0, 0.05) is 61.8 Å². The van der Waals surface area contributed by atoms with E-state index in [1.54, 1.807) is 104 Å². The molecule has 0 atom stereocenters. The second kappa shape index (κ2) is 37.8. The Kier molecular flexibility index (Phi) is 28.3. The number of methoxy groups -OCH3 is 1. The number of carboxylic acid groups (broad SMARTS) is 4. The molecule has 35 heteroatoms. The minimum Gasteiger partial charge on any atom is -0.495 e. The largest absolute Gasteiger partial charge is 0.495 e. The Morgan fingerprint density at radius 2 is 0.734 bits per heavy atom. The predicted octanol–water partition coefficient (Wildman–Crippen LogP) is 16.0. The van der Waals surface area contributed by atoms with Crippen molar-refractivity contribution in [2.45, 2.75) is 122 Å². The molecule has 2 aliphatic carbocycles. The number of nitriles is 1. The molecule has 644 valence electrons. The molecule has 2 saturated carbocycles. The average Bonchev–Trinajstić information content (AvgIpc) is 1.13. The van der Waals surface area contributed by atoms with E-state index < -0.39 is 110 Å². The highest BCUT2D eigenvalue weighted by atomic mass is 32.2. The van der Waals surface area contributed by atoms with E-state index >= 15 is 0 Å². The lowest BCUT2D eigenvalue weighted by atomic mass is 10.0. The van der Waals surface area contributed by atoms with Crippen molar-refractivity contribution in [2.24, 2.45) is 0 Å². The zero-order chi connectivity index (χ0) is 90.3. The first-order chi connectivity index (χ1) is 58.3. The summed E-state index contributed by atoms with van der Waals surface area (Å²) in [5.41, 5.74) is 6.53. The first-order valence-corrected chi connectivity index (χ1v) is 51.6. The lowest BCUT2D eigenvalue weighted by Gasteiger charge is -2.14. The normalized spacial score (nSPS) is 13.0. The SMILES string of the molecule is CCc1ccc(C(=O)O)cc1S(=O)(=O)Cc1cc(S(C)(=O)=O)ccc1-c1ccc(C)s1.COc1ccc(C(=O)O)cc1S(=O)(=O)Cc1cc(S(C)(=O)=O)ccc1-c1ccc(C)s1.CS(=O)(=O)c1ccc(-c2ccccn2)c(CS(=O)(=O)c2cc(C(=O)O)ccc2C2CC2)c1.N#Cc1ccc(-c2ccccn2)c(CS(=O)(=O)c2cc(C(=O)O)ccc2C2CC2)c1. The Morgan fingerprint density at radius 1 is 0.395 bits per heavy atom. The van der Waals surface area contributed by atoms with Crippen LogP contribution in [0.25, 0.3) is 43.4 Å². The quantitative estimate of drug-likeness (QED) is 0.0371. The molecule has 14 rings (SSSR count). The Bertz CT molecular complexity index is 6910. The summed E-state index contributed by atoms with van der Waals surface area (Å²) in [5.74, 6) is -6.44. The van der Waals surface area contributed by atoms with Crippen molar-refractivity contribution in [2.75, 3.05) is 25.9 Å². The number of aromatic carboxylic acids is 4. The highest BCUT2D eigenvalue weighted by Gasteiger charge is 2.35. The fourth-order valence-electron chi connectivity index (χ4n) is 13.5. The lowest BCUT2D eigenvalue weighted by Crippen LogP contribution is -2.11. The summed E-state index contributed by atoms with van der Waals surface area (Å²) in [7, 11) is -25.3. The molecular formula is C89H81N3O23S9. The number of ether oxygens (including phenoxy) is 1. The zero-order valence-electron chi connectivity index (χ0n) is 67.4. The van der Waals surface area contributed by atoms with E-state index in [-0.39, 0.29) is 85.4 Å². The standard InChI is InChI=1S/C23H18N2O4S.C23H21NO6S2.C22H22O6S3.C21H20O7S3/c24-13-15-4-8-19(21-3-1-2-10-25-21)18(11-15)14-30(28,29)22-12-17(23(26)27)7-9-20(22)16-5-6-16;1-31(27,28)18-8-10-19(21-4-2-3-11-24-21)17(12-18)14-32(29,30)22-13-16(23(25)26)7-9-20(22)15-5-6-15;1-4-15-6-7-16(22(23)24)12-21(15)31(27,28)13-17-11-18(30(3,25)26)8-9-19(17)20-10-5-14(2)29-20;1-13-4-9-19(29-13)17-7-6-16(30(3,24)25)10-15(17)12-31(26,27)20-11-14(21(22)23)5-8-18(20)28-2/h1-4,7-12,16H,5-6,14H2,(H,26,27);2-4,7-13,15H,5-6,14H2,1H3,(H,25,26);5-12H,4,13H2,1-3H3,(H,23,24);4-11H,12H2,1-3H3,(H,22,23). The van der Waals surface area contributed by atoms with Crippen LogP contribution in [-0.2, 0) is 98.3 Å². The Hall–Kier alpha value is -11.7. The zero-order valence-corrected chi connectivity index (χ0v) is 74.7. The van der Waals surface area contributed by atoms with Crippen LogP contribution in [-0.4, -0.2) is 139 Å². The van der Waals surface area contributed by atoms with Crippen LogP contribution in [0.1, 0.15) is 140 Å². The summed E-state index contributed by atoms with van der Waals surface area (Å²) in [6.45, 7) is 5.64. The van der Waals surface area contributed by atoms with Crippen molar-refractivity contribution in [3.63, 3.8) is 0 Å². The summed E-state index contributed by atoms with van der Waals surface area (Å²) < 4.78 is 185. The monoisotopic (exact) mass is 1850 g/mol. The van der Waals surface area contributed by atoms with E-state index in [0.717, 1.165) is 70.0 Å². The lowest BCUT2D eigenvalue weighted by molar-refractivity contribution is 0.0685. The van der Waals surface area contributed by atoms with Gasteiger partial charge >= 0.3 is 23.9 Å². The first kappa shape index (κ1) is 93.0. The molecule has 26 nitrogen and oxygen atoms in total. The summed E-state index contributed by atoms with van der Waals surface area (Å²) in [6.07, 6.45) is 10.2. The van der Waals surface area contributed by atoms with Crippen LogP contribution >= 0.6 is 22.7 Å². The van der Waals surface area contributed by atoms with Crippen LogP contribution in [0.5, 0.6) is 5.75 Å². The van der Waals surface area contributed by atoms with Gasteiger partial charge in [-0.2, -0.15) is 5.26 Å². The van der Waals surface area contributed by atoms with Gasteiger partial charge in [-0.1, -0.05) is 61.5 Å². The molecule has 124 heavy (non-hydrogen) atoms. The Morgan fingerprint density at radius 3 is 1.07 bits per heavy atom. The van der Waals surface area contributed by atoms with Crippen LogP contribution in [0.4, 0.5) is 0 Å². The molecule has 0 aliphatic heterocycles. The fourth-order valence-corrected chi connectivity index (χ4v) is 24.1. The minimum atomic E-state index is -4.08. The molecule has 0 bridgehead atoms. The number of aryl methyl sites for hydroxylation is 3. The number of thiophene rings is 2. The summed E-state index contributed by atoms with van der Waals surface area (Å²) in [4.78, 5) is 57.6. The molecule has 4 aromatic heterocycles. The fraction of sp³-hybridized carbons (Fsp3) is 0.202. The maximum atomic E-state index is 13.5. The van der Waals surface area contributed by atoms with Gasteiger partial charge in [0.2, 0.25) is 0 Å². The van der Waals surface area contributed by atoms with E-state index in [1.165, 1.54) is 121 Å². The molecule has 4 N–H and O–H groups in total. The summed E-state index contributed by atoms with van der Waals surface area (Å²) >= 11 is 2.94. The number of sulfone groups is 7. The number of pyridine rings is 2. The number of nitrogens with zero attached hydrogens (tertiary/aromatic N) is 3. The molecule has 0 amide bonds. The second-order valence-corrected chi connectivity index (χ2v) is 45.8. The van der Waals surface area contributed by atoms with Gasteiger partial charge in [0.05, 0.1) is 105 Å². The van der Waals surface area contributed by atoms with Crippen molar-refractivity contribution >= 4 is 115 Å². The molecule has 8 aromatic carbocycles. The van der Waals surface area contributed by atoms with Crippen molar-refractivity contribution in [3.8, 4) is 55.2 Å². The van der Waals surface area contributed by atoms with E-state index in [9.17, 15) is 104 Å². The molecule has 0 radical (unpaired) electrons. The summed E-state index contributed by atoms with van der Waals surface area (Å²) in [5, 5.41) is 46.5.